The van der Waals surface area contributed by atoms with Crippen LogP contribution < -0.4 is 0 Å². The van der Waals surface area contributed by atoms with Crippen LogP contribution in [0.3, 0.4) is 0 Å². The van der Waals surface area contributed by atoms with Crippen LogP contribution in [0.5, 0.6) is 0 Å². The number of hydrogen-bond donors (Lipinski definition) is 0. The molecule has 0 aromatic rings. The number of rotatable bonds is 4. The molecule has 0 heterocycles. The van der Waals surface area contributed by atoms with Crippen molar-refractivity contribution in [3.05, 3.63) is 12.2 Å². The number of ether oxygens (including phenoxy) is 1. The van der Waals surface area contributed by atoms with E-state index in [0.717, 1.165) is 12.3 Å². The summed E-state index contributed by atoms with van der Waals surface area (Å²) in [5, 5.41) is 0. The molecule has 1 saturated carbocycles. The van der Waals surface area contributed by atoms with E-state index in [-0.39, 0.29) is 12.1 Å². The summed E-state index contributed by atoms with van der Waals surface area (Å²) < 4.78 is 5.47. The third-order valence-corrected chi connectivity index (χ3v) is 3.65. The minimum atomic E-state index is -0.203. The van der Waals surface area contributed by atoms with Gasteiger partial charge in [-0.3, -0.25) is 0 Å². The molecule has 86 valence electrons. The van der Waals surface area contributed by atoms with Crippen LogP contribution in [0.15, 0.2) is 12.2 Å². The fourth-order valence-corrected chi connectivity index (χ4v) is 2.32. The fourth-order valence-electron chi connectivity index (χ4n) is 2.32. The summed E-state index contributed by atoms with van der Waals surface area (Å²) in [6.07, 6.45) is 4.18. The van der Waals surface area contributed by atoms with Gasteiger partial charge in [0.05, 0.1) is 0 Å². The van der Waals surface area contributed by atoms with Crippen LogP contribution >= 0.6 is 0 Å². The van der Waals surface area contributed by atoms with Crippen LogP contribution in [0.1, 0.15) is 46.5 Å². The Morgan fingerprint density at radius 1 is 1.40 bits per heavy atom. The van der Waals surface area contributed by atoms with Crippen molar-refractivity contribution < 1.29 is 9.53 Å². The van der Waals surface area contributed by atoms with Gasteiger partial charge in [0.1, 0.15) is 6.10 Å². The molecule has 1 aliphatic rings. The zero-order valence-electron chi connectivity index (χ0n) is 10.1. The van der Waals surface area contributed by atoms with E-state index >= 15 is 0 Å². The maximum absolute atomic E-state index is 11.5. The lowest BCUT2D eigenvalue weighted by Crippen LogP contribution is -2.23. The van der Waals surface area contributed by atoms with Crippen LogP contribution in [0.4, 0.5) is 0 Å². The molecule has 0 amide bonds. The molecular formula is C13H22O2. The highest BCUT2D eigenvalue weighted by molar-refractivity contribution is 5.87. The monoisotopic (exact) mass is 210 g/mol. The van der Waals surface area contributed by atoms with Gasteiger partial charge in [-0.15, -0.1) is 0 Å². The van der Waals surface area contributed by atoms with E-state index in [1.54, 1.807) is 0 Å². The first kappa shape index (κ1) is 12.3. The lowest BCUT2D eigenvalue weighted by molar-refractivity contribution is -0.146. The average Bonchev–Trinajstić information content (AvgIpc) is 2.58. The molecule has 0 aliphatic heterocycles. The standard InChI is InChI=1S/C13H22O2/c1-5-9(3)13(14)15-12-8-7-11(6-2)10(12)4/h10-12H,3,5-8H2,1-2,4H3. The lowest BCUT2D eigenvalue weighted by atomic mass is 9.94. The van der Waals surface area contributed by atoms with Crippen LogP contribution in [0, 0.1) is 11.8 Å². The van der Waals surface area contributed by atoms with Gasteiger partial charge in [-0.1, -0.05) is 33.8 Å². The van der Waals surface area contributed by atoms with E-state index in [1.165, 1.54) is 12.8 Å². The van der Waals surface area contributed by atoms with Gasteiger partial charge in [0.2, 0.25) is 0 Å². The van der Waals surface area contributed by atoms with E-state index in [1.807, 2.05) is 6.92 Å². The van der Waals surface area contributed by atoms with Crippen molar-refractivity contribution in [2.75, 3.05) is 0 Å². The van der Waals surface area contributed by atoms with Crippen molar-refractivity contribution in [3.63, 3.8) is 0 Å². The Labute approximate surface area is 92.7 Å². The molecule has 0 saturated heterocycles. The first-order valence-corrected chi connectivity index (χ1v) is 5.98. The molecule has 0 N–H and O–H groups in total. The zero-order valence-corrected chi connectivity index (χ0v) is 10.1. The minimum absolute atomic E-state index is 0.116. The lowest BCUT2D eigenvalue weighted by Gasteiger charge is -2.20. The van der Waals surface area contributed by atoms with Crippen molar-refractivity contribution >= 4 is 5.97 Å². The van der Waals surface area contributed by atoms with Gasteiger partial charge in [0, 0.05) is 5.57 Å². The number of esters is 1. The second-order valence-corrected chi connectivity index (χ2v) is 4.51. The number of hydrogen-bond acceptors (Lipinski definition) is 2. The Hall–Kier alpha value is -0.790. The highest BCUT2D eigenvalue weighted by atomic mass is 16.5. The Kier molecular flexibility index (Phi) is 4.37. The summed E-state index contributed by atoms with van der Waals surface area (Å²) in [5.41, 5.74) is 0.585. The maximum Gasteiger partial charge on any atom is 0.333 e. The fraction of sp³-hybridized carbons (Fsp3) is 0.769. The first-order valence-electron chi connectivity index (χ1n) is 5.98. The molecule has 2 heteroatoms. The van der Waals surface area contributed by atoms with Crippen molar-refractivity contribution in [3.8, 4) is 0 Å². The molecule has 0 bridgehead atoms. The SMILES string of the molecule is C=C(CC)C(=O)OC1CCC(CC)C1C. The van der Waals surface area contributed by atoms with Crippen molar-refractivity contribution in [1.29, 1.82) is 0 Å². The molecule has 1 aliphatic carbocycles. The summed E-state index contributed by atoms with van der Waals surface area (Å²) >= 11 is 0. The van der Waals surface area contributed by atoms with Crippen LogP contribution in [0.2, 0.25) is 0 Å². The van der Waals surface area contributed by atoms with Gasteiger partial charge >= 0.3 is 5.97 Å². The van der Waals surface area contributed by atoms with Crippen molar-refractivity contribution in [2.45, 2.75) is 52.6 Å². The average molecular weight is 210 g/mol. The molecule has 3 unspecified atom stereocenters. The molecule has 15 heavy (non-hydrogen) atoms. The zero-order chi connectivity index (χ0) is 11.4. The molecule has 0 radical (unpaired) electrons. The minimum Gasteiger partial charge on any atom is -0.459 e. The largest absolute Gasteiger partial charge is 0.459 e. The Balaban J connectivity index is 2.47. The van der Waals surface area contributed by atoms with Gasteiger partial charge in [0.25, 0.3) is 0 Å². The first-order chi connectivity index (χ1) is 7.10. The highest BCUT2D eigenvalue weighted by Crippen LogP contribution is 2.36. The summed E-state index contributed by atoms with van der Waals surface area (Å²) in [6, 6.07) is 0. The van der Waals surface area contributed by atoms with Crippen LogP contribution in [-0.4, -0.2) is 12.1 Å². The second-order valence-electron chi connectivity index (χ2n) is 4.51. The maximum atomic E-state index is 11.5. The van der Waals surface area contributed by atoms with Crippen molar-refractivity contribution in [2.24, 2.45) is 11.8 Å². The molecular weight excluding hydrogens is 188 g/mol. The second kappa shape index (κ2) is 5.34. The summed E-state index contributed by atoms with van der Waals surface area (Å²) in [5.74, 6) is 1.02. The van der Waals surface area contributed by atoms with Gasteiger partial charge in [-0.25, -0.2) is 4.79 Å². The predicted octanol–water partition coefficient (Wildman–Crippen LogP) is 3.32. The third-order valence-electron chi connectivity index (χ3n) is 3.65. The molecule has 0 aromatic heterocycles. The molecule has 3 atom stereocenters. The highest BCUT2D eigenvalue weighted by Gasteiger charge is 2.34. The topological polar surface area (TPSA) is 26.3 Å². The van der Waals surface area contributed by atoms with Crippen molar-refractivity contribution in [1.82, 2.24) is 0 Å². The van der Waals surface area contributed by atoms with Gasteiger partial charge < -0.3 is 4.74 Å². The Bertz CT molecular complexity index is 245. The summed E-state index contributed by atoms with van der Waals surface area (Å²) in [7, 11) is 0. The molecule has 1 rings (SSSR count). The summed E-state index contributed by atoms with van der Waals surface area (Å²) in [4.78, 5) is 11.5. The van der Waals surface area contributed by atoms with Gasteiger partial charge in [-0.2, -0.15) is 0 Å². The smallest absolute Gasteiger partial charge is 0.333 e. The quantitative estimate of drug-likeness (QED) is 0.525. The predicted molar refractivity (Wildman–Crippen MR) is 61.5 cm³/mol. The molecule has 0 spiro atoms. The van der Waals surface area contributed by atoms with Gasteiger partial charge in [-0.05, 0) is 31.1 Å². The Morgan fingerprint density at radius 2 is 2.07 bits per heavy atom. The van der Waals surface area contributed by atoms with E-state index in [9.17, 15) is 4.79 Å². The molecule has 2 nitrogen and oxygen atoms in total. The molecule has 1 fully saturated rings. The Morgan fingerprint density at radius 3 is 2.53 bits per heavy atom. The number of carbonyl (C=O) groups is 1. The van der Waals surface area contributed by atoms with E-state index in [4.69, 9.17) is 4.74 Å². The van der Waals surface area contributed by atoms with E-state index in [0.29, 0.717) is 17.9 Å². The van der Waals surface area contributed by atoms with Gasteiger partial charge in [0.15, 0.2) is 0 Å². The number of carbonyl (C=O) groups excluding carboxylic acids is 1. The van der Waals surface area contributed by atoms with Crippen LogP contribution in [0.25, 0.3) is 0 Å². The van der Waals surface area contributed by atoms with E-state index < -0.39 is 0 Å². The molecule has 0 aromatic carbocycles. The third kappa shape index (κ3) is 2.83. The summed E-state index contributed by atoms with van der Waals surface area (Å²) in [6.45, 7) is 10.0. The van der Waals surface area contributed by atoms with Crippen LogP contribution in [-0.2, 0) is 9.53 Å². The normalized spacial score (nSPS) is 30.2. The van der Waals surface area contributed by atoms with E-state index in [2.05, 4.69) is 20.4 Å².